The molecule has 61 heavy (non-hydrogen) atoms. The van der Waals surface area contributed by atoms with Crippen molar-refractivity contribution in [2.75, 3.05) is 6.54 Å². The number of nitrogens with zero attached hydrogens (tertiary/aromatic N) is 1. The fourth-order valence-electron chi connectivity index (χ4n) is 9.27. The van der Waals surface area contributed by atoms with Crippen molar-refractivity contribution in [3.8, 4) is 41.1 Å². The first-order valence-corrected chi connectivity index (χ1v) is 21.7. The van der Waals surface area contributed by atoms with Crippen molar-refractivity contribution in [3.05, 3.63) is 113 Å². The van der Waals surface area contributed by atoms with Crippen LogP contribution in [0, 0.1) is 35.2 Å². The molecule has 1 saturated carbocycles. The molecule has 3 aromatic carbocycles. The minimum absolute atomic E-state index is 0.0616. The van der Waals surface area contributed by atoms with Crippen molar-refractivity contribution < 1.29 is 34.7 Å². The van der Waals surface area contributed by atoms with Crippen molar-refractivity contribution in [2.24, 2.45) is 17.1 Å². The number of phenolic OH excluding ortho intramolecular Hbond substituents is 1. The van der Waals surface area contributed by atoms with Crippen LogP contribution in [0.1, 0.15) is 117 Å². The highest BCUT2D eigenvalue weighted by atomic mass is 16.5. The zero-order chi connectivity index (χ0) is 42.5. The third kappa shape index (κ3) is 9.53. The maximum absolute atomic E-state index is 12.9. The highest BCUT2D eigenvalue weighted by Crippen LogP contribution is 2.50. The molecule has 1 aliphatic carbocycles. The molecule has 2 aromatic heterocycles. The number of aryl methyl sites for hydroxylation is 1. The maximum atomic E-state index is 12.9. The molecule has 4 heterocycles. The van der Waals surface area contributed by atoms with Crippen LogP contribution < -0.4 is 20.5 Å². The van der Waals surface area contributed by atoms with E-state index in [-0.39, 0.29) is 43.0 Å². The number of Topliss-reactive ketones (excluding diaryl/α,β-unsaturated/α-hetero) is 1. The van der Waals surface area contributed by atoms with Crippen LogP contribution in [-0.4, -0.2) is 54.5 Å². The quantitative estimate of drug-likeness (QED) is 0.0459. The van der Waals surface area contributed by atoms with Crippen LogP contribution in [0.4, 0.5) is 0 Å². The molecule has 8 N–H and O–H groups in total. The number of hydrogen-bond acceptors (Lipinski definition) is 9. The van der Waals surface area contributed by atoms with Crippen LogP contribution >= 0.6 is 0 Å². The van der Waals surface area contributed by atoms with Gasteiger partial charge in [-0.15, -0.1) is 0 Å². The van der Waals surface area contributed by atoms with Crippen molar-refractivity contribution in [2.45, 2.75) is 115 Å². The molecule has 0 saturated heterocycles. The van der Waals surface area contributed by atoms with Crippen LogP contribution in [0.3, 0.4) is 0 Å². The highest BCUT2D eigenvalue weighted by Gasteiger charge is 2.46. The standard InChI is InChI=1S/C50H56N4O7/c1-2-8-37(55)26-39(57)27-38(56)13-11-33-25-47-46(28-45(33)59)60-22-20-50(18-6-7-19-50)42-15-16-44(58)40-14-12-34(48(51)52-21-17-32-9-4-3-5-10-32)23-35(40)24-36-29-53-43-31-54(30-41(36)43)49(42)61-47/h3-5,9-10,12,14,23,25,28-31,37,39,42,44,48-49,52-53,55,57-59H,2,6-8,11,13,17-19,21,24,26-27,51H2,1H3/t37-,39+,42+,44-,48+,49+/m0/s1. The maximum Gasteiger partial charge on any atom is 0.191 e. The second-order valence-electron chi connectivity index (χ2n) is 17.0. The first kappa shape index (κ1) is 42.2. The van der Waals surface area contributed by atoms with E-state index in [1.165, 1.54) is 11.6 Å². The summed E-state index contributed by atoms with van der Waals surface area (Å²) in [6, 6.07) is 19.4. The van der Waals surface area contributed by atoms with Gasteiger partial charge in [-0.05, 0) is 78.0 Å². The van der Waals surface area contributed by atoms with E-state index in [0.29, 0.717) is 36.3 Å². The minimum atomic E-state index is -1.10. The molecular weight excluding hydrogens is 769 g/mol. The summed E-state index contributed by atoms with van der Waals surface area (Å²) < 4.78 is 15.1. The Morgan fingerprint density at radius 2 is 1.84 bits per heavy atom. The van der Waals surface area contributed by atoms with Crippen LogP contribution in [0.2, 0.25) is 0 Å². The van der Waals surface area contributed by atoms with Crippen molar-refractivity contribution >= 4 is 16.7 Å². The molecule has 11 heteroatoms. The lowest BCUT2D eigenvalue weighted by molar-refractivity contribution is -0.121. The molecule has 2 aliphatic heterocycles. The molecule has 0 amide bonds. The molecule has 0 radical (unpaired) electrons. The fourth-order valence-corrected chi connectivity index (χ4v) is 9.27. The predicted molar refractivity (Wildman–Crippen MR) is 233 cm³/mol. The number of aliphatic hydroxyl groups is 3. The molecule has 1 fully saturated rings. The summed E-state index contributed by atoms with van der Waals surface area (Å²) in [5.74, 6) is 10.0. The van der Waals surface area contributed by atoms with Crippen molar-refractivity contribution in [1.82, 2.24) is 14.9 Å². The van der Waals surface area contributed by atoms with E-state index >= 15 is 0 Å². The monoisotopic (exact) mass is 824 g/mol. The second kappa shape index (κ2) is 18.6. The number of hydrogen-bond donors (Lipinski definition) is 7. The summed E-state index contributed by atoms with van der Waals surface area (Å²) in [5.41, 5.74) is 12.3. The van der Waals surface area contributed by atoms with Gasteiger partial charge in [0.2, 0.25) is 0 Å². The van der Waals surface area contributed by atoms with E-state index in [9.17, 15) is 25.2 Å². The molecule has 2 bridgehead atoms. The van der Waals surface area contributed by atoms with Crippen LogP contribution in [-0.2, 0) is 24.1 Å². The number of H-pyrrole nitrogens is 1. The largest absolute Gasteiger partial charge is 0.508 e. The molecule has 5 aromatic rings. The summed E-state index contributed by atoms with van der Waals surface area (Å²) >= 11 is 0. The molecule has 1 spiro atoms. The van der Waals surface area contributed by atoms with Gasteiger partial charge in [-0.3, -0.25) is 10.1 Å². The van der Waals surface area contributed by atoms with Gasteiger partial charge >= 0.3 is 0 Å². The number of nitrogens with one attached hydrogen (secondary N) is 2. The van der Waals surface area contributed by atoms with E-state index in [1.807, 2.05) is 54.2 Å². The lowest BCUT2D eigenvalue weighted by Crippen LogP contribution is -2.35. The summed E-state index contributed by atoms with van der Waals surface area (Å²) in [5, 5.41) is 48.1. The Hall–Kier alpha value is -5.53. The Morgan fingerprint density at radius 1 is 1.02 bits per heavy atom. The third-order valence-electron chi connectivity index (χ3n) is 12.6. The van der Waals surface area contributed by atoms with E-state index in [2.05, 4.69) is 58.6 Å². The molecule has 0 unspecified atom stereocenters. The number of nitrogens with two attached hydrogens (primary N) is 1. The molecule has 8 rings (SSSR count). The number of aromatic nitrogens is 2. The van der Waals surface area contributed by atoms with E-state index in [0.717, 1.165) is 66.1 Å². The molecular formula is C50H56N4O7. The average Bonchev–Trinajstić information content (AvgIpc) is 3.99. The van der Waals surface area contributed by atoms with Crippen LogP contribution in [0.15, 0.2) is 79.3 Å². The number of ketones is 1. The topological polar surface area (TPSA) is 175 Å². The Kier molecular flexibility index (Phi) is 12.9. The number of carbonyl (C=O) groups excluding carboxylic acids is 1. The number of rotatable bonds is 14. The molecule has 11 nitrogen and oxygen atoms in total. The Labute approximate surface area is 357 Å². The Bertz CT molecular complexity index is 2460. The van der Waals surface area contributed by atoms with Gasteiger partial charge in [0.25, 0.3) is 0 Å². The summed E-state index contributed by atoms with van der Waals surface area (Å²) in [4.78, 5) is 16.4. The second-order valence-corrected chi connectivity index (χ2v) is 17.0. The Morgan fingerprint density at radius 3 is 2.64 bits per heavy atom. The van der Waals surface area contributed by atoms with Gasteiger partial charge in [-0.25, -0.2) is 0 Å². The number of benzene rings is 3. The van der Waals surface area contributed by atoms with Crippen LogP contribution in [0.25, 0.3) is 10.9 Å². The van der Waals surface area contributed by atoms with Gasteiger partial charge < -0.3 is 45.2 Å². The fraction of sp³-hybridized carbons (Fsp3) is 0.420. The predicted octanol–water partition coefficient (Wildman–Crippen LogP) is 7.02. The van der Waals surface area contributed by atoms with Gasteiger partial charge in [-0.2, -0.15) is 0 Å². The lowest BCUT2D eigenvalue weighted by atomic mass is 9.73. The SMILES string of the molecule is CCC[C@H](O)C[C@@H](O)CC(=O)CCc1cc2c(cc1O)OC#CC1(CCCC1)[C@@H]1C#C[C@H](O)c3ccc([C@H](N)NCCc4ccccc4)cc3Cc3c[nH]c4cn(cc34)[C@@H]1O2. The zero-order valence-corrected chi connectivity index (χ0v) is 34.7. The number of carbonyl (C=O) groups is 1. The summed E-state index contributed by atoms with van der Waals surface area (Å²) in [6.07, 6.45) is 11.7. The van der Waals surface area contributed by atoms with Crippen molar-refractivity contribution in [1.29, 1.82) is 0 Å². The first-order valence-electron chi connectivity index (χ1n) is 21.7. The van der Waals surface area contributed by atoms with Gasteiger partial charge in [0.05, 0.1) is 35.2 Å². The zero-order valence-electron chi connectivity index (χ0n) is 34.7. The number of aliphatic hydroxyl groups excluding tert-OH is 3. The summed E-state index contributed by atoms with van der Waals surface area (Å²) in [7, 11) is 0. The minimum Gasteiger partial charge on any atom is -0.508 e. The van der Waals surface area contributed by atoms with Gasteiger partial charge in [0.15, 0.2) is 17.7 Å². The average molecular weight is 825 g/mol. The van der Waals surface area contributed by atoms with Gasteiger partial charge in [0.1, 0.15) is 23.7 Å². The molecule has 3 aliphatic rings. The van der Waals surface area contributed by atoms with Crippen LogP contribution in [0.5, 0.6) is 17.2 Å². The van der Waals surface area contributed by atoms with E-state index < -0.39 is 42.0 Å². The number of phenols is 1. The van der Waals surface area contributed by atoms with E-state index in [1.54, 1.807) is 6.07 Å². The van der Waals surface area contributed by atoms with Gasteiger partial charge in [-0.1, -0.05) is 92.5 Å². The highest BCUT2D eigenvalue weighted by molar-refractivity contribution is 5.83. The number of aromatic hydroxyl groups is 1. The first-order chi connectivity index (χ1) is 29.6. The number of ether oxygens (including phenoxy) is 2. The number of aromatic amines is 1. The number of fused-ring (bicyclic) bond motifs is 6. The van der Waals surface area contributed by atoms with E-state index in [4.69, 9.17) is 15.2 Å². The normalized spacial score (nSPS) is 20.3. The molecule has 6 atom stereocenters. The lowest BCUT2D eigenvalue weighted by Gasteiger charge is -2.35. The third-order valence-corrected chi connectivity index (χ3v) is 12.6. The Balaban J connectivity index is 1.11. The molecule has 318 valence electrons. The smallest absolute Gasteiger partial charge is 0.191 e. The van der Waals surface area contributed by atoms with Crippen molar-refractivity contribution in [3.63, 3.8) is 0 Å². The van der Waals surface area contributed by atoms with Gasteiger partial charge in [0, 0.05) is 55.9 Å². The summed E-state index contributed by atoms with van der Waals surface area (Å²) in [6.45, 7) is 2.67.